The predicted molar refractivity (Wildman–Crippen MR) is 135 cm³/mol. The first-order valence-corrected chi connectivity index (χ1v) is 11.0. The molecule has 0 aliphatic carbocycles. The lowest BCUT2D eigenvalue weighted by atomic mass is 10.1. The minimum atomic E-state index is -0.492. The van der Waals surface area contributed by atoms with Crippen LogP contribution in [0.1, 0.15) is 16.7 Å². The molecule has 1 aliphatic heterocycles. The summed E-state index contributed by atoms with van der Waals surface area (Å²) in [5, 5.41) is 3.72. The van der Waals surface area contributed by atoms with Gasteiger partial charge < -0.3 is 4.57 Å². The number of nitrogens with one attached hydrogen (secondary N) is 1. The maximum absolute atomic E-state index is 13.4. The molecule has 5 nitrogen and oxygen atoms in total. The molecule has 6 heteroatoms. The zero-order valence-corrected chi connectivity index (χ0v) is 18.8. The summed E-state index contributed by atoms with van der Waals surface area (Å²) in [7, 11) is 0. The Morgan fingerprint density at radius 1 is 0.939 bits per heavy atom. The summed E-state index contributed by atoms with van der Waals surface area (Å²) in [4.78, 5) is 27.5. The van der Waals surface area contributed by atoms with E-state index >= 15 is 0 Å². The van der Waals surface area contributed by atoms with Crippen LogP contribution in [0, 0.1) is 6.92 Å². The molecule has 1 aliphatic rings. The van der Waals surface area contributed by atoms with Crippen molar-refractivity contribution in [1.82, 2.24) is 9.88 Å². The zero-order chi connectivity index (χ0) is 22.9. The van der Waals surface area contributed by atoms with Gasteiger partial charge in [0.2, 0.25) is 0 Å². The Morgan fingerprint density at radius 2 is 1.70 bits per heavy atom. The quantitative estimate of drug-likeness (QED) is 0.275. The van der Waals surface area contributed by atoms with Crippen molar-refractivity contribution in [2.75, 3.05) is 4.90 Å². The molecular formula is C27H21N3O2S. The number of fused-ring (bicyclic) bond motifs is 1. The molecule has 2 amide bonds. The molecular weight excluding hydrogens is 430 g/mol. The van der Waals surface area contributed by atoms with E-state index in [1.807, 2.05) is 73.8 Å². The fraction of sp³-hybridized carbons (Fsp3) is 0.0741. The van der Waals surface area contributed by atoms with E-state index in [9.17, 15) is 9.59 Å². The van der Waals surface area contributed by atoms with Crippen LogP contribution < -0.4 is 10.2 Å². The summed E-state index contributed by atoms with van der Waals surface area (Å²) in [5.74, 6) is -0.928. The highest BCUT2D eigenvalue weighted by Gasteiger charge is 2.34. The number of thiocarbonyl (C=S) groups is 1. The molecule has 162 valence electrons. The number of anilines is 1. The van der Waals surface area contributed by atoms with Gasteiger partial charge in [0.05, 0.1) is 5.69 Å². The first-order valence-electron chi connectivity index (χ1n) is 10.6. The van der Waals surface area contributed by atoms with E-state index in [2.05, 4.69) is 22.0 Å². The third-order valence-corrected chi connectivity index (χ3v) is 5.96. The molecule has 4 aromatic rings. The first kappa shape index (κ1) is 20.8. The van der Waals surface area contributed by atoms with Crippen LogP contribution in [0.5, 0.6) is 0 Å². The smallest absolute Gasteiger partial charge is 0.270 e. The molecule has 0 spiro atoms. The standard InChI is InChI=1S/C27H21N3O2S/c1-18-8-7-11-21(14-18)30-26(32)23(25(31)28-27(30)33)15-20-17-29(16-19-9-3-2-4-10-19)24-13-6-5-12-22(20)24/h2-15,17H,16H2,1H3,(H,28,31,33)/b23-15-. The largest absolute Gasteiger partial charge is 0.342 e. The number of hydrogen-bond acceptors (Lipinski definition) is 3. The Kier molecular flexibility index (Phi) is 5.36. The molecule has 0 atom stereocenters. The minimum Gasteiger partial charge on any atom is -0.342 e. The monoisotopic (exact) mass is 451 g/mol. The number of rotatable bonds is 4. The van der Waals surface area contributed by atoms with E-state index in [1.54, 1.807) is 12.1 Å². The average Bonchev–Trinajstić information content (AvgIpc) is 3.14. The Hall–Kier alpha value is -4.03. The van der Waals surface area contributed by atoms with Crippen molar-refractivity contribution >= 4 is 51.8 Å². The van der Waals surface area contributed by atoms with Crippen LogP contribution in [0.2, 0.25) is 0 Å². The SMILES string of the molecule is Cc1cccc(N2C(=O)/C(=C\c3cn(Cc4ccccc4)c4ccccc34)C(=O)NC2=S)c1. The number of carbonyl (C=O) groups is 2. The van der Waals surface area contributed by atoms with E-state index in [-0.39, 0.29) is 10.7 Å². The number of aromatic nitrogens is 1. The van der Waals surface area contributed by atoms with Gasteiger partial charge in [-0.1, -0.05) is 60.7 Å². The van der Waals surface area contributed by atoms with Gasteiger partial charge in [-0.25, -0.2) is 0 Å². The Labute approximate surface area is 196 Å². The number of amides is 2. The zero-order valence-electron chi connectivity index (χ0n) is 18.0. The van der Waals surface area contributed by atoms with Crippen LogP contribution in [-0.4, -0.2) is 21.5 Å². The third kappa shape index (κ3) is 3.97. The molecule has 1 N–H and O–H groups in total. The van der Waals surface area contributed by atoms with Crippen LogP contribution in [0.25, 0.3) is 17.0 Å². The topological polar surface area (TPSA) is 54.3 Å². The fourth-order valence-corrected chi connectivity index (χ4v) is 4.40. The van der Waals surface area contributed by atoms with Crippen LogP contribution in [0.4, 0.5) is 5.69 Å². The highest BCUT2D eigenvalue weighted by atomic mass is 32.1. The number of benzene rings is 3. The second-order valence-electron chi connectivity index (χ2n) is 8.01. The molecule has 1 saturated heterocycles. The van der Waals surface area contributed by atoms with Gasteiger partial charge in [-0.2, -0.15) is 0 Å². The van der Waals surface area contributed by atoms with Gasteiger partial charge >= 0.3 is 0 Å². The second kappa shape index (κ2) is 8.48. The molecule has 1 aromatic heterocycles. The normalized spacial score (nSPS) is 15.4. The van der Waals surface area contributed by atoms with Gasteiger partial charge in [0.1, 0.15) is 5.57 Å². The predicted octanol–water partition coefficient (Wildman–Crippen LogP) is 4.83. The van der Waals surface area contributed by atoms with Gasteiger partial charge in [-0.3, -0.25) is 19.8 Å². The van der Waals surface area contributed by atoms with Gasteiger partial charge in [0, 0.05) is 29.2 Å². The highest BCUT2D eigenvalue weighted by Crippen LogP contribution is 2.27. The summed E-state index contributed by atoms with van der Waals surface area (Å²) >= 11 is 5.32. The Balaban J connectivity index is 1.58. The summed E-state index contributed by atoms with van der Waals surface area (Å²) in [6.07, 6.45) is 3.64. The summed E-state index contributed by atoms with van der Waals surface area (Å²) in [6.45, 7) is 2.63. The maximum atomic E-state index is 13.4. The van der Waals surface area contributed by atoms with Gasteiger partial charge in [0.25, 0.3) is 11.8 Å². The number of nitrogens with zero attached hydrogens (tertiary/aromatic N) is 2. The van der Waals surface area contributed by atoms with Gasteiger partial charge in [0.15, 0.2) is 5.11 Å². The molecule has 0 radical (unpaired) electrons. The number of carbonyl (C=O) groups excluding carboxylic acids is 2. The van der Waals surface area contributed by atoms with Gasteiger partial charge in [-0.15, -0.1) is 0 Å². The Bertz CT molecular complexity index is 1440. The van der Waals surface area contributed by atoms with E-state index < -0.39 is 11.8 Å². The van der Waals surface area contributed by atoms with Crippen molar-refractivity contribution in [2.45, 2.75) is 13.5 Å². The van der Waals surface area contributed by atoms with Crippen LogP contribution >= 0.6 is 12.2 Å². The number of aryl methyl sites for hydroxylation is 1. The van der Waals surface area contributed by atoms with E-state index in [4.69, 9.17) is 12.2 Å². The van der Waals surface area contributed by atoms with Crippen LogP contribution in [-0.2, 0) is 16.1 Å². The summed E-state index contributed by atoms with van der Waals surface area (Å²) in [5.41, 5.74) is 4.67. The Morgan fingerprint density at radius 3 is 2.48 bits per heavy atom. The molecule has 33 heavy (non-hydrogen) atoms. The van der Waals surface area contributed by atoms with Crippen molar-refractivity contribution in [3.63, 3.8) is 0 Å². The van der Waals surface area contributed by atoms with Gasteiger partial charge in [-0.05, 0) is 54.5 Å². The van der Waals surface area contributed by atoms with E-state index in [1.165, 1.54) is 10.5 Å². The summed E-state index contributed by atoms with van der Waals surface area (Å²) in [6, 6.07) is 25.6. The van der Waals surface area contributed by atoms with E-state index in [0.29, 0.717) is 12.2 Å². The third-order valence-electron chi connectivity index (χ3n) is 5.68. The molecule has 2 heterocycles. The molecule has 0 unspecified atom stereocenters. The van der Waals surface area contributed by atoms with Crippen molar-refractivity contribution in [3.8, 4) is 0 Å². The lowest BCUT2D eigenvalue weighted by Crippen LogP contribution is -2.54. The van der Waals surface area contributed by atoms with Crippen molar-refractivity contribution in [3.05, 3.63) is 107 Å². The van der Waals surface area contributed by atoms with Crippen LogP contribution in [0.15, 0.2) is 90.6 Å². The van der Waals surface area contributed by atoms with Crippen LogP contribution in [0.3, 0.4) is 0 Å². The summed E-state index contributed by atoms with van der Waals surface area (Å²) < 4.78 is 2.13. The molecule has 1 fully saturated rings. The van der Waals surface area contributed by atoms with Crippen molar-refractivity contribution < 1.29 is 9.59 Å². The molecule has 0 saturated carbocycles. The maximum Gasteiger partial charge on any atom is 0.270 e. The molecule has 3 aromatic carbocycles. The average molecular weight is 452 g/mol. The number of para-hydroxylation sites is 1. The second-order valence-corrected chi connectivity index (χ2v) is 8.40. The molecule has 0 bridgehead atoms. The van der Waals surface area contributed by atoms with Crippen molar-refractivity contribution in [1.29, 1.82) is 0 Å². The van der Waals surface area contributed by atoms with Crippen molar-refractivity contribution in [2.24, 2.45) is 0 Å². The highest BCUT2D eigenvalue weighted by molar-refractivity contribution is 7.80. The van der Waals surface area contributed by atoms with E-state index in [0.717, 1.165) is 22.0 Å². The fourth-order valence-electron chi connectivity index (χ4n) is 4.12. The lowest BCUT2D eigenvalue weighted by molar-refractivity contribution is -0.122. The number of hydrogen-bond donors (Lipinski definition) is 1. The first-order chi connectivity index (χ1) is 16.0. The molecule has 5 rings (SSSR count). The lowest BCUT2D eigenvalue weighted by Gasteiger charge is -2.29. The minimum absolute atomic E-state index is 0.0488.